The van der Waals surface area contributed by atoms with Gasteiger partial charge in [-0.3, -0.25) is 0 Å². The van der Waals surface area contributed by atoms with Gasteiger partial charge in [-0.25, -0.2) is 0 Å². The van der Waals surface area contributed by atoms with Crippen LogP contribution >= 0.6 is 0 Å². The minimum atomic E-state index is 0.00910. The maximum Gasteiger partial charge on any atom is 0.118 e. The van der Waals surface area contributed by atoms with Crippen LogP contribution < -0.4 is 0 Å². The van der Waals surface area contributed by atoms with Gasteiger partial charge >= 0.3 is 0 Å². The van der Waals surface area contributed by atoms with E-state index in [-0.39, 0.29) is 10.8 Å². The van der Waals surface area contributed by atoms with E-state index in [9.17, 15) is 10.2 Å². The lowest BCUT2D eigenvalue weighted by atomic mass is 9.65. The molecule has 3 nitrogen and oxygen atoms in total. The first-order chi connectivity index (χ1) is 15.5. The van der Waals surface area contributed by atoms with Gasteiger partial charge in [0, 0.05) is 5.41 Å². The molecule has 1 saturated carbocycles. The zero-order valence-electron chi connectivity index (χ0n) is 20.7. The zero-order valence-corrected chi connectivity index (χ0v) is 20.7. The first kappa shape index (κ1) is 24.7. The van der Waals surface area contributed by atoms with E-state index in [1.807, 2.05) is 38.1 Å². The standard InChI is InChI=1S/C20H24O2.C10H14O/c1-14-12-16(6-8-18(14)21)20(10-4-3-5-11-20)17-7-9-19(22)15(2)13-17;1-10(2,3)8-4-6-9(11)7-5-8/h6-9,12-13,21-22H,3-5,10-11H2,1-2H3;4-7,11H,1-3H3. The Hall–Kier alpha value is -2.94. The molecule has 1 aliphatic carbocycles. The Bertz CT molecular complexity index is 1020. The van der Waals surface area contributed by atoms with Gasteiger partial charge in [-0.1, -0.05) is 76.4 Å². The van der Waals surface area contributed by atoms with Crippen molar-refractivity contribution in [1.29, 1.82) is 0 Å². The van der Waals surface area contributed by atoms with Crippen LogP contribution in [0.15, 0.2) is 60.7 Å². The fourth-order valence-corrected chi connectivity index (χ4v) is 4.77. The summed E-state index contributed by atoms with van der Waals surface area (Å²) in [6, 6.07) is 19.4. The minimum Gasteiger partial charge on any atom is -0.508 e. The van der Waals surface area contributed by atoms with E-state index in [1.54, 1.807) is 12.1 Å². The fraction of sp³-hybridized carbons (Fsp3) is 0.400. The maximum atomic E-state index is 9.84. The number of aromatic hydroxyl groups is 3. The molecule has 176 valence electrons. The number of rotatable bonds is 2. The van der Waals surface area contributed by atoms with Gasteiger partial charge in [0.2, 0.25) is 0 Å². The molecule has 3 N–H and O–H groups in total. The van der Waals surface area contributed by atoms with Crippen molar-refractivity contribution in [2.24, 2.45) is 0 Å². The van der Waals surface area contributed by atoms with Crippen LogP contribution in [-0.2, 0) is 10.8 Å². The van der Waals surface area contributed by atoms with Crippen molar-refractivity contribution in [1.82, 2.24) is 0 Å². The van der Waals surface area contributed by atoms with Crippen LogP contribution in [0.3, 0.4) is 0 Å². The molecule has 4 rings (SSSR count). The van der Waals surface area contributed by atoms with Crippen molar-refractivity contribution >= 4 is 0 Å². The number of hydrogen-bond acceptors (Lipinski definition) is 3. The number of phenols is 3. The molecule has 0 bridgehead atoms. The number of phenolic OH excluding ortho intramolecular Hbond substituents is 3. The first-order valence-electron chi connectivity index (χ1n) is 11.9. The smallest absolute Gasteiger partial charge is 0.118 e. The lowest BCUT2D eigenvalue weighted by Gasteiger charge is -2.39. The summed E-state index contributed by atoms with van der Waals surface area (Å²) in [6.45, 7) is 10.4. The quantitative estimate of drug-likeness (QED) is 0.379. The molecule has 0 spiro atoms. The fourth-order valence-electron chi connectivity index (χ4n) is 4.77. The van der Waals surface area contributed by atoms with Gasteiger partial charge < -0.3 is 15.3 Å². The maximum absolute atomic E-state index is 9.84. The Labute approximate surface area is 198 Å². The lowest BCUT2D eigenvalue weighted by molar-refractivity contribution is 0.344. The van der Waals surface area contributed by atoms with Gasteiger partial charge in [-0.15, -0.1) is 0 Å². The third kappa shape index (κ3) is 5.71. The molecule has 0 aliphatic heterocycles. The van der Waals surface area contributed by atoms with E-state index < -0.39 is 0 Å². The molecule has 1 fully saturated rings. The second-order valence-corrected chi connectivity index (χ2v) is 10.4. The Morgan fingerprint density at radius 1 is 0.636 bits per heavy atom. The zero-order chi connectivity index (χ0) is 24.2. The second kappa shape index (κ2) is 9.91. The van der Waals surface area contributed by atoms with Crippen LogP contribution in [-0.4, -0.2) is 15.3 Å². The van der Waals surface area contributed by atoms with E-state index in [0.29, 0.717) is 17.2 Å². The summed E-state index contributed by atoms with van der Waals surface area (Å²) >= 11 is 0. The number of hydrogen-bond donors (Lipinski definition) is 3. The van der Waals surface area contributed by atoms with Crippen molar-refractivity contribution in [3.63, 3.8) is 0 Å². The predicted molar refractivity (Wildman–Crippen MR) is 136 cm³/mol. The molecule has 0 radical (unpaired) electrons. The van der Waals surface area contributed by atoms with E-state index in [2.05, 4.69) is 45.0 Å². The SMILES string of the molecule is CC(C)(C)c1ccc(O)cc1.Cc1cc(C2(c3ccc(O)c(C)c3)CCCCC2)ccc1O. The largest absolute Gasteiger partial charge is 0.508 e. The molecular formula is C30H38O3. The minimum absolute atomic E-state index is 0.00910. The normalized spacial score (nSPS) is 15.4. The van der Waals surface area contributed by atoms with Gasteiger partial charge in [0.15, 0.2) is 0 Å². The van der Waals surface area contributed by atoms with Crippen LogP contribution in [0.4, 0.5) is 0 Å². The third-order valence-corrected chi connectivity index (χ3v) is 6.94. The van der Waals surface area contributed by atoms with Crippen molar-refractivity contribution in [3.8, 4) is 17.2 Å². The highest BCUT2D eigenvalue weighted by Gasteiger charge is 2.36. The van der Waals surface area contributed by atoms with Crippen LogP contribution in [0.5, 0.6) is 17.2 Å². The van der Waals surface area contributed by atoms with Crippen LogP contribution in [0.25, 0.3) is 0 Å². The monoisotopic (exact) mass is 446 g/mol. The van der Waals surface area contributed by atoms with E-state index >= 15 is 0 Å². The van der Waals surface area contributed by atoms with Crippen molar-refractivity contribution < 1.29 is 15.3 Å². The van der Waals surface area contributed by atoms with E-state index in [0.717, 1.165) is 24.0 Å². The summed E-state index contributed by atoms with van der Waals surface area (Å²) < 4.78 is 0. The highest BCUT2D eigenvalue weighted by molar-refractivity contribution is 5.47. The number of aryl methyl sites for hydroxylation is 2. The summed E-state index contributed by atoms with van der Waals surface area (Å²) in [5, 5.41) is 28.7. The predicted octanol–water partition coefficient (Wildman–Crippen LogP) is 7.65. The summed E-state index contributed by atoms with van der Waals surface area (Å²) in [7, 11) is 0. The molecule has 1 aliphatic rings. The Morgan fingerprint density at radius 3 is 1.48 bits per heavy atom. The highest BCUT2D eigenvalue weighted by atomic mass is 16.3. The van der Waals surface area contributed by atoms with Gasteiger partial charge in [-0.05, 0) is 84.2 Å². The molecule has 0 aromatic heterocycles. The van der Waals surface area contributed by atoms with Crippen molar-refractivity contribution in [2.45, 2.75) is 77.6 Å². The van der Waals surface area contributed by atoms with E-state index in [4.69, 9.17) is 5.11 Å². The Kier molecular flexibility index (Phi) is 7.41. The van der Waals surface area contributed by atoms with Gasteiger partial charge in [0.05, 0.1) is 0 Å². The molecular weight excluding hydrogens is 408 g/mol. The molecule has 0 heterocycles. The molecule has 3 aromatic rings. The van der Waals surface area contributed by atoms with Gasteiger partial charge in [-0.2, -0.15) is 0 Å². The van der Waals surface area contributed by atoms with Crippen molar-refractivity contribution in [3.05, 3.63) is 88.5 Å². The average Bonchev–Trinajstić information content (AvgIpc) is 2.78. The van der Waals surface area contributed by atoms with Crippen LogP contribution in [0.1, 0.15) is 80.7 Å². The van der Waals surface area contributed by atoms with Crippen LogP contribution in [0, 0.1) is 13.8 Å². The molecule has 0 atom stereocenters. The molecule has 0 amide bonds. The highest BCUT2D eigenvalue weighted by Crippen LogP contribution is 2.46. The molecule has 0 saturated heterocycles. The third-order valence-electron chi connectivity index (χ3n) is 6.94. The van der Waals surface area contributed by atoms with E-state index in [1.165, 1.54) is 36.0 Å². The average molecular weight is 447 g/mol. The summed E-state index contributed by atoms with van der Waals surface area (Å²) in [6.07, 6.45) is 5.98. The summed E-state index contributed by atoms with van der Waals surface area (Å²) in [5.41, 5.74) is 5.86. The van der Waals surface area contributed by atoms with Crippen LogP contribution in [0.2, 0.25) is 0 Å². The Morgan fingerprint density at radius 2 is 1.09 bits per heavy atom. The van der Waals surface area contributed by atoms with Gasteiger partial charge in [0.25, 0.3) is 0 Å². The Balaban J connectivity index is 0.000000235. The molecule has 3 heteroatoms. The summed E-state index contributed by atoms with van der Waals surface area (Å²) in [4.78, 5) is 0. The van der Waals surface area contributed by atoms with Crippen molar-refractivity contribution in [2.75, 3.05) is 0 Å². The molecule has 33 heavy (non-hydrogen) atoms. The van der Waals surface area contributed by atoms with Gasteiger partial charge in [0.1, 0.15) is 17.2 Å². The molecule has 3 aromatic carbocycles. The lowest BCUT2D eigenvalue weighted by Crippen LogP contribution is -2.30. The topological polar surface area (TPSA) is 60.7 Å². The summed E-state index contributed by atoms with van der Waals surface area (Å²) in [5.74, 6) is 1.05. The number of benzene rings is 3. The second-order valence-electron chi connectivity index (χ2n) is 10.4. The molecule has 0 unspecified atom stereocenters. The first-order valence-corrected chi connectivity index (χ1v) is 11.9.